The van der Waals surface area contributed by atoms with E-state index in [0.29, 0.717) is 0 Å². The third-order valence-corrected chi connectivity index (χ3v) is 15.6. The van der Waals surface area contributed by atoms with Crippen LogP contribution < -0.4 is 9.64 Å². The van der Waals surface area contributed by atoms with E-state index in [1.54, 1.807) is 0 Å². The lowest BCUT2D eigenvalue weighted by Gasteiger charge is -2.40. The Kier molecular flexibility index (Phi) is 7.91. The fourth-order valence-electron chi connectivity index (χ4n) is 12.8. The molecule has 0 amide bonds. The van der Waals surface area contributed by atoms with E-state index in [0.717, 1.165) is 39.7 Å². The van der Waals surface area contributed by atoms with Gasteiger partial charge in [0.25, 0.3) is 0 Å². The zero-order chi connectivity index (χ0) is 44.5. The summed E-state index contributed by atoms with van der Waals surface area (Å²) in [5.41, 5.74) is 22.2. The maximum absolute atomic E-state index is 6.97. The van der Waals surface area contributed by atoms with Crippen LogP contribution in [-0.4, -0.2) is 0 Å². The Labute approximate surface area is 392 Å². The van der Waals surface area contributed by atoms with Gasteiger partial charge in [-0.15, -0.1) is 0 Å². The number of hydrogen-bond donors (Lipinski definition) is 0. The molecule has 0 radical (unpaired) electrons. The number of rotatable bonds is 5. The average Bonchev–Trinajstić information content (AvgIpc) is 3.94. The van der Waals surface area contributed by atoms with Crippen LogP contribution in [-0.2, 0) is 16.2 Å². The van der Waals surface area contributed by atoms with Crippen LogP contribution in [0.4, 0.5) is 17.1 Å². The summed E-state index contributed by atoms with van der Waals surface area (Å²) >= 11 is 0. The largest absolute Gasteiger partial charge is 0.457 e. The van der Waals surface area contributed by atoms with Gasteiger partial charge in [0.1, 0.15) is 11.5 Å². The van der Waals surface area contributed by atoms with Crippen LogP contribution in [0.15, 0.2) is 237 Å². The highest BCUT2D eigenvalue weighted by Gasteiger charge is 2.52. The number of benzene rings is 10. The second kappa shape index (κ2) is 13.9. The van der Waals surface area contributed by atoms with Crippen molar-refractivity contribution in [3.05, 3.63) is 292 Å². The minimum Gasteiger partial charge on any atom is -0.457 e. The van der Waals surface area contributed by atoms with Crippen molar-refractivity contribution < 1.29 is 4.74 Å². The number of ether oxygens (including phenoxy) is 1. The van der Waals surface area contributed by atoms with Gasteiger partial charge in [0.2, 0.25) is 0 Å². The molecule has 4 aliphatic rings. The van der Waals surface area contributed by atoms with Gasteiger partial charge in [-0.2, -0.15) is 0 Å². The van der Waals surface area contributed by atoms with Crippen molar-refractivity contribution in [1.29, 1.82) is 0 Å². The third-order valence-electron chi connectivity index (χ3n) is 15.6. The Morgan fingerprint density at radius 3 is 1.22 bits per heavy atom. The van der Waals surface area contributed by atoms with Crippen molar-refractivity contribution in [1.82, 2.24) is 0 Å². The molecule has 10 aromatic carbocycles. The fourth-order valence-corrected chi connectivity index (χ4v) is 12.8. The Balaban J connectivity index is 1.06. The molecule has 0 bridgehead atoms. The lowest BCUT2D eigenvalue weighted by Crippen LogP contribution is -2.32. The van der Waals surface area contributed by atoms with Gasteiger partial charge in [0, 0.05) is 33.6 Å². The highest BCUT2D eigenvalue weighted by molar-refractivity contribution is 5.93. The van der Waals surface area contributed by atoms with Crippen LogP contribution in [0.3, 0.4) is 0 Å². The number of anilines is 3. The molecule has 0 aromatic heterocycles. The first-order valence-electron chi connectivity index (χ1n) is 23.5. The summed E-state index contributed by atoms with van der Waals surface area (Å²) in [7, 11) is 0. The van der Waals surface area contributed by atoms with Crippen LogP contribution in [0.2, 0.25) is 0 Å². The van der Waals surface area contributed by atoms with Crippen molar-refractivity contribution in [2.24, 2.45) is 0 Å². The molecule has 0 N–H and O–H groups in total. The van der Waals surface area contributed by atoms with E-state index in [4.69, 9.17) is 4.74 Å². The molecule has 0 fully saturated rings. The Bertz CT molecular complexity index is 3570. The quantitative estimate of drug-likeness (QED) is 0.171. The molecule has 1 heterocycles. The van der Waals surface area contributed by atoms with Gasteiger partial charge in [0.15, 0.2) is 0 Å². The summed E-state index contributed by atoms with van der Waals surface area (Å²) in [4.78, 5) is 2.50. The zero-order valence-corrected chi connectivity index (χ0v) is 37.4. The predicted octanol–water partition coefficient (Wildman–Crippen LogP) is 16.3. The van der Waals surface area contributed by atoms with Crippen molar-refractivity contribution in [3.8, 4) is 44.9 Å². The fraction of sp³-hybridized carbons (Fsp3) is 0.0769. The van der Waals surface area contributed by atoms with Crippen LogP contribution in [0.25, 0.3) is 33.4 Å². The topological polar surface area (TPSA) is 12.5 Å². The minimum absolute atomic E-state index is 0.183. The van der Waals surface area contributed by atoms with Crippen LogP contribution in [0.5, 0.6) is 11.5 Å². The second-order valence-corrected chi connectivity index (χ2v) is 19.1. The molecular weight excluding hydrogens is 811 g/mol. The maximum atomic E-state index is 6.97. The number of hydrogen-bond acceptors (Lipinski definition) is 2. The molecule has 67 heavy (non-hydrogen) atoms. The SMILES string of the molecule is CC1(C)c2ccccc2-c2ccc(N(c3ccc4c(c3)C3(c5ccccc5O4)c4ccccc4-c4ccccc43)c3ccc4c(c3)C(c3ccccc3)(c3ccccc3)c3ccccc3-4)cc21. The third kappa shape index (κ3) is 5.00. The van der Waals surface area contributed by atoms with Crippen molar-refractivity contribution in [3.63, 3.8) is 0 Å². The molecule has 14 rings (SSSR count). The first-order valence-corrected chi connectivity index (χ1v) is 23.5. The maximum Gasteiger partial charge on any atom is 0.132 e. The van der Waals surface area contributed by atoms with Crippen LogP contribution in [0, 0.1) is 0 Å². The Morgan fingerprint density at radius 2 is 0.657 bits per heavy atom. The predicted molar refractivity (Wildman–Crippen MR) is 273 cm³/mol. The van der Waals surface area contributed by atoms with Gasteiger partial charge < -0.3 is 9.64 Å². The molecule has 0 unspecified atom stereocenters. The molecule has 10 aromatic rings. The normalized spacial score (nSPS) is 15.2. The van der Waals surface area contributed by atoms with E-state index in [1.165, 1.54) is 77.9 Å². The molecular formula is C65H45NO. The molecule has 0 atom stereocenters. The van der Waals surface area contributed by atoms with Crippen LogP contribution >= 0.6 is 0 Å². The number of para-hydroxylation sites is 1. The summed E-state index contributed by atoms with van der Waals surface area (Å²) in [6.07, 6.45) is 0. The summed E-state index contributed by atoms with van der Waals surface area (Å²) in [6.45, 7) is 4.75. The van der Waals surface area contributed by atoms with E-state index in [2.05, 4.69) is 255 Å². The first-order chi connectivity index (χ1) is 33.0. The van der Waals surface area contributed by atoms with Gasteiger partial charge in [0.05, 0.1) is 10.8 Å². The highest BCUT2D eigenvalue weighted by atomic mass is 16.5. The lowest BCUT2D eigenvalue weighted by molar-refractivity contribution is 0.436. The van der Waals surface area contributed by atoms with Gasteiger partial charge in [-0.05, 0) is 126 Å². The minimum atomic E-state index is -0.601. The summed E-state index contributed by atoms with van der Waals surface area (Å²) in [6, 6.07) is 88.1. The van der Waals surface area contributed by atoms with E-state index in [1.807, 2.05) is 0 Å². The van der Waals surface area contributed by atoms with Gasteiger partial charge in [-0.3, -0.25) is 0 Å². The zero-order valence-electron chi connectivity index (χ0n) is 37.4. The molecule has 316 valence electrons. The standard InChI is InChI=1S/C65H45NO/c1-63(2)53-27-13-9-23-47(53)51-36-33-44(39-58(51)63)66(45-34-37-52-50-26-10-14-28-54(50)64(59(52)40-45,42-19-5-3-6-20-42)43-21-7-4-8-22-43)46-35-38-62-60(41-46)65(57-31-17-18-32-61(57)67-62)55-29-15-11-24-48(55)49-25-12-16-30-56(49)65/h3-41H,1-2H3. The molecule has 1 spiro atoms. The Morgan fingerprint density at radius 1 is 0.284 bits per heavy atom. The molecule has 2 heteroatoms. The molecule has 2 nitrogen and oxygen atoms in total. The summed E-state index contributed by atoms with van der Waals surface area (Å²) < 4.78 is 6.97. The molecule has 1 aliphatic heterocycles. The van der Waals surface area contributed by atoms with Gasteiger partial charge in [-0.1, -0.05) is 202 Å². The van der Waals surface area contributed by atoms with Crippen molar-refractivity contribution >= 4 is 17.1 Å². The summed E-state index contributed by atoms with van der Waals surface area (Å²) in [5, 5.41) is 0. The van der Waals surface area contributed by atoms with E-state index < -0.39 is 10.8 Å². The van der Waals surface area contributed by atoms with E-state index >= 15 is 0 Å². The lowest BCUT2D eigenvalue weighted by atomic mass is 9.66. The van der Waals surface area contributed by atoms with Gasteiger partial charge in [-0.25, -0.2) is 0 Å². The molecule has 0 saturated carbocycles. The smallest absolute Gasteiger partial charge is 0.132 e. The number of fused-ring (bicyclic) bond motifs is 15. The first kappa shape index (κ1) is 38.1. The van der Waals surface area contributed by atoms with Gasteiger partial charge >= 0.3 is 0 Å². The average molecular weight is 856 g/mol. The Hall–Kier alpha value is -8.20. The monoisotopic (exact) mass is 855 g/mol. The van der Waals surface area contributed by atoms with Crippen molar-refractivity contribution in [2.45, 2.75) is 30.1 Å². The van der Waals surface area contributed by atoms with Crippen LogP contribution in [0.1, 0.15) is 69.5 Å². The molecule has 3 aliphatic carbocycles. The summed E-state index contributed by atoms with van der Waals surface area (Å²) in [5.74, 6) is 1.76. The van der Waals surface area contributed by atoms with E-state index in [9.17, 15) is 0 Å². The van der Waals surface area contributed by atoms with E-state index in [-0.39, 0.29) is 5.41 Å². The van der Waals surface area contributed by atoms with Crippen molar-refractivity contribution in [2.75, 3.05) is 4.90 Å². The molecule has 0 saturated heterocycles. The highest BCUT2D eigenvalue weighted by Crippen LogP contribution is 2.63. The second-order valence-electron chi connectivity index (χ2n) is 19.1. The number of nitrogens with zero attached hydrogens (tertiary/aromatic N) is 1.